The fraction of sp³-hybridized carbons (Fsp3) is 0.222. The van der Waals surface area contributed by atoms with Gasteiger partial charge in [-0.25, -0.2) is 9.18 Å². The first-order valence-corrected chi connectivity index (χ1v) is 7.60. The van der Waals surface area contributed by atoms with Gasteiger partial charge < -0.3 is 9.88 Å². The van der Waals surface area contributed by atoms with Crippen molar-refractivity contribution in [2.75, 3.05) is 14.1 Å². The molecule has 0 saturated carbocycles. The summed E-state index contributed by atoms with van der Waals surface area (Å²) in [6.45, 7) is 0.337. The number of hydrogen-bond acceptors (Lipinski definition) is 2. The molecular weight excluding hydrogens is 309 g/mol. The average Bonchev–Trinajstić information content (AvgIpc) is 2.84. The Balaban J connectivity index is 1.84. The van der Waals surface area contributed by atoms with E-state index in [0.717, 1.165) is 11.1 Å². The van der Waals surface area contributed by atoms with Crippen LogP contribution >= 0.6 is 0 Å². The van der Waals surface area contributed by atoms with E-state index in [0.29, 0.717) is 24.0 Å². The number of aromatic amines is 1. The molecule has 0 unspecified atom stereocenters. The fourth-order valence-corrected chi connectivity index (χ4v) is 2.56. The van der Waals surface area contributed by atoms with E-state index in [-0.39, 0.29) is 17.4 Å². The quantitative estimate of drug-likeness (QED) is 0.798. The molecule has 0 bridgehead atoms. The smallest absolute Gasteiger partial charge is 0.326 e. The summed E-state index contributed by atoms with van der Waals surface area (Å²) in [5, 5.41) is 0. The normalized spacial score (nSPS) is 11.0. The van der Waals surface area contributed by atoms with Gasteiger partial charge in [-0.2, -0.15) is 0 Å². The zero-order valence-electron chi connectivity index (χ0n) is 13.5. The molecule has 24 heavy (non-hydrogen) atoms. The minimum absolute atomic E-state index is 0.0334. The second kappa shape index (κ2) is 6.31. The number of aromatic nitrogens is 2. The molecule has 5 nitrogen and oxygen atoms in total. The van der Waals surface area contributed by atoms with Crippen LogP contribution in [-0.4, -0.2) is 34.5 Å². The first kappa shape index (κ1) is 16.0. The van der Waals surface area contributed by atoms with Gasteiger partial charge in [-0.1, -0.05) is 24.3 Å². The van der Waals surface area contributed by atoms with E-state index in [9.17, 15) is 14.0 Å². The van der Waals surface area contributed by atoms with Crippen LogP contribution in [-0.2, 0) is 17.8 Å². The SMILES string of the molecule is CN(C)C(=O)Cc1ccc(Cn2c(=O)[nH]c3ccc(F)cc32)cc1. The molecule has 6 heteroatoms. The van der Waals surface area contributed by atoms with Crippen LogP contribution in [0.15, 0.2) is 47.3 Å². The lowest BCUT2D eigenvalue weighted by Crippen LogP contribution is -2.23. The van der Waals surface area contributed by atoms with Gasteiger partial charge in [0.25, 0.3) is 0 Å². The number of rotatable bonds is 4. The van der Waals surface area contributed by atoms with Crippen molar-refractivity contribution in [3.63, 3.8) is 0 Å². The van der Waals surface area contributed by atoms with E-state index in [2.05, 4.69) is 4.98 Å². The topological polar surface area (TPSA) is 58.1 Å². The average molecular weight is 327 g/mol. The lowest BCUT2D eigenvalue weighted by molar-refractivity contribution is -0.127. The van der Waals surface area contributed by atoms with Gasteiger partial charge >= 0.3 is 5.69 Å². The van der Waals surface area contributed by atoms with Crippen molar-refractivity contribution in [3.8, 4) is 0 Å². The summed E-state index contributed by atoms with van der Waals surface area (Å²) in [5.41, 5.74) is 2.68. The summed E-state index contributed by atoms with van der Waals surface area (Å²) in [7, 11) is 3.44. The van der Waals surface area contributed by atoms with Crippen molar-refractivity contribution in [1.29, 1.82) is 0 Å². The van der Waals surface area contributed by atoms with Gasteiger partial charge in [0.15, 0.2) is 0 Å². The first-order chi connectivity index (χ1) is 11.4. The van der Waals surface area contributed by atoms with Crippen molar-refractivity contribution in [3.05, 3.63) is 69.9 Å². The second-order valence-corrected chi connectivity index (χ2v) is 5.96. The molecule has 0 fully saturated rings. The molecule has 124 valence electrons. The van der Waals surface area contributed by atoms with Gasteiger partial charge in [-0.15, -0.1) is 0 Å². The third-order valence-corrected chi connectivity index (χ3v) is 3.96. The van der Waals surface area contributed by atoms with Crippen LogP contribution in [0.4, 0.5) is 4.39 Å². The zero-order chi connectivity index (χ0) is 17.3. The summed E-state index contributed by atoms with van der Waals surface area (Å²) < 4.78 is 14.9. The number of carbonyl (C=O) groups excluding carboxylic acids is 1. The molecule has 1 N–H and O–H groups in total. The lowest BCUT2D eigenvalue weighted by Gasteiger charge is -2.10. The highest BCUT2D eigenvalue weighted by Crippen LogP contribution is 2.14. The van der Waals surface area contributed by atoms with E-state index >= 15 is 0 Å². The van der Waals surface area contributed by atoms with Crippen LogP contribution in [0.1, 0.15) is 11.1 Å². The molecule has 1 heterocycles. The van der Waals surface area contributed by atoms with E-state index in [1.54, 1.807) is 25.1 Å². The van der Waals surface area contributed by atoms with E-state index in [4.69, 9.17) is 0 Å². The molecular formula is C18H18FN3O2. The minimum Gasteiger partial charge on any atom is -0.349 e. The van der Waals surface area contributed by atoms with Crippen LogP contribution in [0.2, 0.25) is 0 Å². The van der Waals surface area contributed by atoms with Gasteiger partial charge in [-0.3, -0.25) is 9.36 Å². The Kier molecular flexibility index (Phi) is 4.20. The van der Waals surface area contributed by atoms with Gasteiger partial charge in [0.05, 0.1) is 24.0 Å². The molecule has 0 aliphatic rings. The van der Waals surface area contributed by atoms with Crippen molar-refractivity contribution in [1.82, 2.24) is 14.5 Å². The Morgan fingerprint density at radius 1 is 1.12 bits per heavy atom. The summed E-state index contributed by atoms with van der Waals surface area (Å²) in [6.07, 6.45) is 0.339. The van der Waals surface area contributed by atoms with E-state index in [1.807, 2.05) is 24.3 Å². The van der Waals surface area contributed by atoms with Gasteiger partial charge in [0, 0.05) is 14.1 Å². The van der Waals surface area contributed by atoms with Crippen molar-refractivity contribution in [2.24, 2.45) is 0 Å². The Labute approximate surface area is 138 Å². The molecule has 0 spiro atoms. The number of fused-ring (bicyclic) bond motifs is 1. The minimum atomic E-state index is -0.382. The number of likely N-dealkylation sites (N-methyl/N-ethyl adjacent to an activating group) is 1. The van der Waals surface area contributed by atoms with Crippen molar-refractivity contribution < 1.29 is 9.18 Å². The van der Waals surface area contributed by atoms with Gasteiger partial charge in [0.2, 0.25) is 5.91 Å². The van der Waals surface area contributed by atoms with Crippen LogP contribution in [0.25, 0.3) is 11.0 Å². The van der Waals surface area contributed by atoms with Crippen LogP contribution in [0.5, 0.6) is 0 Å². The molecule has 2 aromatic carbocycles. The van der Waals surface area contributed by atoms with Crippen LogP contribution in [0.3, 0.4) is 0 Å². The highest BCUT2D eigenvalue weighted by Gasteiger charge is 2.09. The number of nitrogens with zero attached hydrogens (tertiary/aromatic N) is 2. The third-order valence-electron chi connectivity index (χ3n) is 3.96. The summed E-state index contributed by atoms with van der Waals surface area (Å²) in [5.74, 6) is -0.348. The molecule has 3 rings (SSSR count). The maximum absolute atomic E-state index is 13.4. The first-order valence-electron chi connectivity index (χ1n) is 7.60. The molecule has 0 radical (unpaired) electrons. The number of amides is 1. The zero-order valence-corrected chi connectivity index (χ0v) is 13.5. The predicted octanol–water partition coefficient (Wildman–Crippen LogP) is 2.15. The summed E-state index contributed by atoms with van der Waals surface area (Å²) >= 11 is 0. The predicted molar refractivity (Wildman–Crippen MR) is 90.5 cm³/mol. The number of hydrogen-bond donors (Lipinski definition) is 1. The second-order valence-electron chi connectivity index (χ2n) is 5.96. The number of benzene rings is 2. The number of nitrogens with one attached hydrogen (secondary N) is 1. The molecule has 0 aliphatic heterocycles. The van der Waals surface area contributed by atoms with E-state index in [1.165, 1.54) is 16.7 Å². The lowest BCUT2D eigenvalue weighted by atomic mass is 10.1. The Morgan fingerprint density at radius 2 is 1.79 bits per heavy atom. The Bertz CT molecular complexity index is 939. The number of H-pyrrole nitrogens is 1. The monoisotopic (exact) mass is 327 g/mol. The molecule has 1 aromatic heterocycles. The maximum Gasteiger partial charge on any atom is 0.326 e. The fourth-order valence-electron chi connectivity index (χ4n) is 2.56. The van der Waals surface area contributed by atoms with Gasteiger partial charge in [-0.05, 0) is 29.3 Å². The summed E-state index contributed by atoms with van der Waals surface area (Å²) in [6, 6.07) is 11.7. The van der Waals surface area contributed by atoms with Crippen molar-refractivity contribution >= 4 is 16.9 Å². The Morgan fingerprint density at radius 3 is 2.46 bits per heavy atom. The third kappa shape index (κ3) is 3.22. The largest absolute Gasteiger partial charge is 0.349 e. The highest BCUT2D eigenvalue weighted by molar-refractivity contribution is 5.78. The van der Waals surface area contributed by atoms with Crippen LogP contribution in [0, 0.1) is 5.82 Å². The summed E-state index contributed by atoms with van der Waals surface area (Å²) in [4.78, 5) is 28.1. The molecule has 1 amide bonds. The van der Waals surface area contributed by atoms with Crippen molar-refractivity contribution in [2.45, 2.75) is 13.0 Å². The molecule has 0 saturated heterocycles. The number of halogens is 1. The highest BCUT2D eigenvalue weighted by atomic mass is 19.1. The molecule has 0 atom stereocenters. The Hall–Kier alpha value is -2.89. The maximum atomic E-state index is 13.4. The number of imidazole rings is 1. The number of carbonyl (C=O) groups is 1. The molecule has 3 aromatic rings. The van der Waals surface area contributed by atoms with E-state index < -0.39 is 0 Å². The standard InChI is InChI=1S/C18H18FN3O2/c1-21(2)17(23)9-12-3-5-13(6-4-12)11-22-16-10-14(19)7-8-15(16)20-18(22)24/h3-8,10H,9,11H2,1-2H3,(H,20,24). The van der Waals surface area contributed by atoms with Gasteiger partial charge in [0.1, 0.15) is 5.82 Å². The van der Waals surface area contributed by atoms with Crippen LogP contribution < -0.4 is 5.69 Å². The molecule has 0 aliphatic carbocycles.